The van der Waals surface area contributed by atoms with Gasteiger partial charge in [-0.3, -0.25) is 9.40 Å². The molecule has 0 amide bonds. The van der Waals surface area contributed by atoms with E-state index >= 15 is 0 Å². The molecular formula is C16H14BrN3O2S. The molecule has 0 aliphatic rings. The number of halogens is 1. The molecule has 0 saturated heterocycles. The van der Waals surface area contributed by atoms with Crippen molar-refractivity contribution in [2.45, 2.75) is 11.4 Å². The van der Waals surface area contributed by atoms with Gasteiger partial charge in [0.2, 0.25) is 0 Å². The normalized spacial score (nSPS) is 11.3. The van der Waals surface area contributed by atoms with Crippen LogP contribution in [0.2, 0.25) is 0 Å². The van der Waals surface area contributed by atoms with Crippen molar-refractivity contribution in [2.24, 2.45) is 0 Å². The van der Waals surface area contributed by atoms with Gasteiger partial charge in [-0.05, 0) is 33.6 Å². The Morgan fingerprint density at radius 3 is 2.48 bits per heavy atom. The van der Waals surface area contributed by atoms with Crippen LogP contribution in [0.25, 0.3) is 0 Å². The highest BCUT2D eigenvalue weighted by Gasteiger charge is 2.17. The fourth-order valence-corrected chi connectivity index (χ4v) is 4.18. The van der Waals surface area contributed by atoms with Crippen LogP contribution in [0.4, 0.5) is 5.69 Å². The van der Waals surface area contributed by atoms with Crippen LogP contribution >= 0.6 is 15.9 Å². The number of sulfonamides is 1. The Balaban J connectivity index is 1.78. The lowest BCUT2D eigenvalue weighted by Gasteiger charge is -2.07. The summed E-state index contributed by atoms with van der Waals surface area (Å²) in [6.07, 6.45) is 3.17. The number of hydrogen-bond donors (Lipinski definition) is 1. The van der Waals surface area contributed by atoms with Crippen molar-refractivity contribution >= 4 is 31.6 Å². The molecule has 5 nitrogen and oxygen atoms in total. The summed E-state index contributed by atoms with van der Waals surface area (Å²) < 4.78 is 29.6. The molecule has 23 heavy (non-hydrogen) atoms. The van der Waals surface area contributed by atoms with Crippen molar-refractivity contribution in [3.8, 4) is 0 Å². The highest BCUT2D eigenvalue weighted by Crippen LogP contribution is 2.23. The van der Waals surface area contributed by atoms with Crippen molar-refractivity contribution in [3.63, 3.8) is 0 Å². The van der Waals surface area contributed by atoms with Crippen LogP contribution in [-0.4, -0.2) is 18.2 Å². The minimum atomic E-state index is -3.65. The van der Waals surface area contributed by atoms with E-state index in [9.17, 15) is 8.42 Å². The van der Waals surface area contributed by atoms with E-state index in [1.54, 1.807) is 35.1 Å². The van der Waals surface area contributed by atoms with Gasteiger partial charge in [0.1, 0.15) is 4.90 Å². The van der Waals surface area contributed by atoms with Crippen LogP contribution in [0, 0.1) is 0 Å². The second-order valence-corrected chi connectivity index (χ2v) is 7.45. The average molecular weight is 392 g/mol. The smallest absolute Gasteiger partial charge is 0.263 e. The van der Waals surface area contributed by atoms with E-state index in [0.717, 1.165) is 5.56 Å². The molecule has 0 fully saturated rings. The molecule has 0 aliphatic heterocycles. The second kappa shape index (κ2) is 6.55. The summed E-state index contributed by atoms with van der Waals surface area (Å²) in [7, 11) is -3.65. The van der Waals surface area contributed by atoms with Crippen LogP contribution in [0.5, 0.6) is 0 Å². The quantitative estimate of drug-likeness (QED) is 0.723. The van der Waals surface area contributed by atoms with Gasteiger partial charge in [0.05, 0.1) is 18.4 Å². The number of nitrogens with zero attached hydrogens (tertiary/aromatic N) is 2. The fraction of sp³-hybridized carbons (Fsp3) is 0.0625. The van der Waals surface area contributed by atoms with Gasteiger partial charge in [0.25, 0.3) is 10.0 Å². The van der Waals surface area contributed by atoms with Gasteiger partial charge in [0.15, 0.2) is 0 Å². The van der Waals surface area contributed by atoms with Gasteiger partial charge < -0.3 is 0 Å². The molecule has 118 valence electrons. The molecule has 0 saturated carbocycles. The lowest BCUT2D eigenvalue weighted by molar-refractivity contribution is 0.600. The number of aromatic nitrogens is 2. The molecular weight excluding hydrogens is 378 g/mol. The average Bonchev–Trinajstić information content (AvgIpc) is 2.95. The highest BCUT2D eigenvalue weighted by atomic mass is 79.9. The predicted molar refractivity (Wildman–Crippen MR) is 92.7 cm³/mol. The van der Waals surface area contributed by atoms with E-state index in [1.165, 1.54) is 6.20 Å². The largest absolute Gasteiger partial charge is 0.276 e. The summed E-state index contributed by atoms with van der Waals surface area (Å²) in [5.41, 5.74) is 1.52. The van der Waals surface area contributed by atoms with Gasteiger partial charge >= 0.3 is 0 Å². The van der Waals surface area contributed by atoms with Crippen molar-refractivity contribution in [2.75, 3.05) is 4.72 Å². The fourth-order valence-electron chi connectivity index (χ4n) is 2.15. The molecule has 7 heteroatoms. The molecule has 1 aromatic heterocycles. The summed E-state index contributed by atoms with van der Waals surface area (Å²) in [5.74, 6) is 0. The Morgan fingerprint density at radius 1 is 1.04 bits per heavy atom. The molecule has 3 aromatic rings. The predicted octanol–water partition coefficient (Wildman–Crippen LogP) is 3.49. The van der Waals surface area contributed by atoms with Gasteiger partial charge in [0, 0.05) is 10.7 Å². The topological polar surface area (TPSA) is 64.0 Å². The molecule has 3 rings (SSSR count). The summed E-state index contributed by atoms with van der Waals surface area (Å²) in [4.78, 5) is 0.191. The maximum Gasteiger partial charge on any atom is 0.263 e. The van der Waals surface area contributed by atoms with Crippen LogP contribution in [-0.2, 0) is 16.6 Å². The summed E-state index contributed by atoms with van der Waals surface area (Å²) in [6, 6.07) is 16.5. The lowest BCUT2D eigenvalue weighted by Crippen LogP contribution is -2.13. The number of benzene rings is 2. The third-order valence-corrected chi connectivity index (χ3v) is 5.59. The molecule has 0 unspecified atom stereocenters. The minimum absolute atomic E-state index is 0.191. The first-order chi connectivity index (χ1) is 11.0. The van der Waals surface area contributed by atoms with Gasteiger partial charge in [-0.1, -0.05) is 42.5 Å². The second-order valence-electron chi connectivity index (χ2n) is 4.95. The Labute approximate surface area is 143 Å². The van der Waals surface area contributed by atoms with Crippen molar-refractivity contribution in [3.05, 3.63) is 77.0 Å². The van der Waals surface area contributed by atoms with Gasteiger partial charge in [-0.15, -0.1) is 0 Å². The molecule has 2 aromatic carbocycles. The highest BCUT2D eigenvalue weighted by molar-refractivity contribution is 9.10. The first kappa shape index (κ1) is 15.8. The Morgan fingerprint density at radius 2 is 1.74 bits per heavy atom. The molecule has 0 bridgehead atoms. The van der Waals surface area contributed by atoms with Crippen LogP contribution in [0.1, 0.15) is 5.56 Å². The Bertz CT molecular complexity index is 908. The monoisotopic (exact) mass is 391 g/mol. The number of nitrogens with one attached hydrogen (secondary N) is 1. The zero-order valence-electron chi connectivity index (χ0n) is 12.1. The first-order valence-electron chi connectivity index (χ1n) is 6.88. The maximum atomic E-state index is 12.4. The maximum absolute atomic E-state index is 12.4. The summed E-state index contributed by atoms with van der Waals surface area (Å²) in [5, 5.41) is 4.19. The molecule has 0 atom stereocenters. The number of rotatable bonds is 5. The van der Waals surface area contributed by atoms with Crippen LogP contribution in [0.15, 0.2) is 76.4 Å². The van der Waals surface area contributed by atoms with Crippen molar-refractivity contribution in [1.82, 2.24) is 9.78 Å². The standard InChI is InChI=1S/C16H14BrN3O2S/c17-15-8-4-5-9-16(15)23(21,22)19-14-10-18-20(12-14)11-13-6-2-1-3-7-13/h1-10,12,19H,11H2. The number of anilines is 1. The van der Waals surface area contributed by atoms with E-state index in [2.05, 4.69) is 25.8 Å². The summed E-state index contributed by atoms with van der Waals surface area (Å²) >= 11 is 3.25. The van der Waals surface area contributed by atoms with Gasteiger partial charge in [-0.25, -0.2) is 8.42 Å². The Kier molecular flexibility index (Phi) is 4.49. The minimum Gasteiger partial charge on any atom is -0.276 e. The van der Waals surface area contributed by atoms with Crippen LogP contribution in [0.3, 0.4) is 0 Å². The van der Waals surface area contributed by atoms with E-state index in [4.69, 9.17) is 0 Å². The van der Waals surface area contributed by atoms with E-state index in [1.807, 2.05) is 30.3 Å². The lowest BCUT2D eigenvalue weighted by atomic mass is 10.2. The Hall–Kier alpha value is -2.12. The SMILES string of the molecule is O=S(=O)(Nc1cnn(Cc2ccccc2)c1)c1ccccc1Br. The van der Waals surface area contributed by atoms with Crippen molar-refractivity contribution in [1.29, 1.82) is 0 Å². The zero-order valence-corrected chi connectivity index (χ0v) is 14.5. The van der Waals surface area contributed by atoms with Crippen LogP contribution < -0.4 is 4.72 Å². The number of hydrogen-bond acceptors (Lipinski definition) is 3. The van der Waals surface area contributed by atoms with Crippen molar-refractivity contribution < 1.29 is 8.42 Å². The van der Waals surface area contributed by atoms with Gasteiger partial charge in [-0.2, -0.15) is 5.10 Å². The third kappa shape index (κ3) is 3.80. The van der Waals surface area contributed by atoms with E-state index in [-0.39, 0.29) is 4.90 Å². The molecule has 1 heterocycles. The zero-order chi connectivity index (χ0) is 16.3. The third-order valence-electron chi connectivity index (χ3n) is 3.20. The van der Waals surface area contributed by atoms with E-state index in [0.29, 0.717) is 16.7 Å². The molecule has 0 spiro atoms. The molecule has 0 aliphatic carbocycles. The molecule has 1 N–H and O–H groups in total. The first-order valence-corrected chi connectivity index (χ1v) is 9.16. The summed E-state index contributed by atoms with van der Waals surface area (Å²) in [6.45, 7) is 0.581. The van der Waals surface area contributed by atoms with E-state index < -0.39 is 10.0 Å². The molecule has 0 radical (unpaired) electrons.